The molecule has 2 heterocycles. The van der Waals surface area contributed by atoms with E-state index in [0.717, 1.165) is 30.3 Å². The van der Waals surface area contributed by atoms with E-state index in [2.05, 4.69) is 16.9 Å². The summed E-state index contributed by atoms with van der Waals surface area (Å²) in [4.78, 5) is 2.79. The van der Waals surface area contributed by atoms with Crippen molar-refractivity contribution in [1.82, 2.24) is 14.7 Å². The molecule has 0 N–H and O–H groups in total. The van der Waals surface area contributed by atoms with Crippen LogP contribution in [0.1, 0.15) is 19.8 Å². The van der Waals surface area contributed by atoms with Crippen LogP contribution in [0.5, 0.6) is 5.75 Å². The lowest BCUT2D eigenvalue weighted by atomic mass is 10.00. The maximum absolute atomic E-state index is 5.64. The van der Waals surface area contributed by atoms with Crippen molar-refractivity contribution in [3.63, 3.8) is 0 Å². The molecule has 2 aromatic rings. The zero-order valence-corrected chi connectivity index (χ0v) is 13.8. The third kappa shape index (κ3) is 3.39. The van der Waals surface area contributed by atoms with Gasteiger partial charge in [-0.25, -0.2) is 4.68 Å². The van der Waals surface area contributed by atoms with Crippen LogP contribution in [0.15, 0.2) is 28.7 Å². The molecule has 1 saturated heterocycles. The topological polar surface area (TPSA) is 43.4 Å². The Bertz CT molecular complexity index is 669. The Balaban J connectivity index is 1.74. The second-order valence-corrected chi connectivity index (χ2v) is 6.19. The molecule has 0 bridgehead atoms. The van der Waals surface area contributed by atoms with Gasteiger partial charge in [-0.1, -0.05) is 6.92 Å². The first-order valence-electron chi connectivity index (χ1n) is 7.60. The summed E-state index contributed by atoms with van der Waals surface area (Å²) in [6.07, 6.45) is 2.47. The van der Waals surface area contributed by atoms with Crippen molar-refractivity contribution < 1.29 is 9.15 Å². The Labute approximate surface area is 135 Å². The Morgan fingerprint density at radius 2 is 1.95 bits per heavy atom. The van der Waals surface area contributed by atoms with Crippen LogP contribution < -0.4 is 4.74 Å². The average Bonchev–Trinajstić information content (AvgIpc) is 2.91. The number of likely N-dealkylation sites (tertiary alicyclic amines) is 1. The van der Waals surface area contributed by atoms with Gasteiger partial charge in [0.05, 0.1) is 13.8 Å². The summed E-state index contributed by atoms with van der Waals surface area (Å²) in [5.74, 6) is 2.18. The highest BCUT2D eigenvalue weighted by Crippen LogP contribution is 2.22. The lowest BCUT2D eigenvalue weighted by Gasteiger charge is -2.29. The minimum atomic E-state index is 0.421. The molecule has 118 valence electrons. The molecule has 1 aromatic heterocycles. The minimum absolute atomic E-state index is 0.421. The summed E-state index contributed by atoms with van der Waals surface area (Å²) in [5, 5.41) is 4.51. The maximum Gasteiger partial charge on any atom is 0.288 e. The van der Waals surface area contributed by atoms with Crippen LogP contribution in [0.4, 0.5) is 0 Å². The lowest BCUT2D eigenvalue weighted by Crippen LogP contribution is -2.34. The number of hydrogen-bond donors (Lipinski definition) is 0. The lowest BCUT2D eigenvalue weighted by molar-refractivity contribution is 0.144. The van der Waals surface area contributed by atoms with Crippen molar-refractivity contribution in [1.29, 1.82) is 0 Å². The Morgan fingerprint density at radius 1 is 1.27 bits per heavy atom. The van der Waals surface area contributed by atoms with E-state index < -0.39 is 0 Å². The molecule has 5 nitrogen and oxygen atoms in total. The van der Waals surface area contributed by atoms with Crippen molar-refractivity contribution in [2.24, 2.45) is 5.92 Å². The van der Waals surface area contributed by atoms with E-state index in [0.29, 0.717) is 17.4 Å². The number of nitrogens with zero attached hydrogens (tertiary/aromatic N) is 3. The first-order valence-corrected chi connectivity index (χ1v) is 8.01. The second-order valence-electron chi connectivity index (χ2n) is 5.84. The molecule has 1 aliphatic rings. The van der Waals surface area contributed by atoms with Crippen LogP contribution in [-0.2, 0) is 6.67 Å². The summed E-state index contributed by atoms with van der Waals surface area (Å²) >= 11 is 5.30. The third-order valence-electron chi connectivity index (χ3n) is 4.15. The molecule has 0 aliphatic carbocycles. The largest absolute Gasteiger partial charge is 0.497 e. The Hall–Kier alpha value is -1.66. The van der Waals surface area contributed by atoms with Crippen LogP contribution >= 0.6 is 12.2 Å². The standard InChI is InChI=1S/C16H21N3O2S/c1-12-7-9-18(10-8-12)11-19-16(22)21-15(17-19)13-3-5-14(20-2)6-4-13/h3-6,12H,7-11H2,1-2H3. The van der Waals surface area contributed by atoms with E-state index in [1.54, 1.807) is 11.8 Å². The number of hydrogen-bond acceptors (Lipinski definition) is 5. The molecule has 1 aliphatic heterocycles. The summed E-state index contributed by atoms with van der Waals surface area (Å²) < 4.78 is 12.6. The van der Waals surface area contributed by atoms with Gasteiger partial charge in [-0.3, -0.25) is 4.90 Å². The quantitative estimate of drug-likeness (QED) is 0.806. The fourth-order valence-corrected chi connectivity index (χ4v) is 2.82. The molecule has 0 radical (unpaired) electrons. The van der Waals surface area contributed by atoms with Crippen LogP contribution in [0.3, 0.4) is 0 Å². The fourth-order valence-electron chi connectivity index (χ4n) is 2.64. The van der Waals surface area contributed by atoms with Gasteiger partial charge in [0, 0.05) is 18.7 Å². The molecule has 1 aromatic carbocycles. The summed E-state index contributed by atoms with van der Waals surface area (Å²) in [7, 11) is 1.65. The Kier molecular flexibility index (Phi) is 4.59. The van der Waals surface area contributed by atoms with Crippen molar-refractivity contribution >= 4 is 12.2 Å². The smallest absolute Gasteiger partial charge is 0.288 e. The van der Waals surface area contributed by atoms with Crippen LogP contribution in [0.25, 0.3) is 11.5 Å². The van der Waals surface area contributed by atoms with E-state index in [1.807, 2.05) is 24.3 Å². The molecule has 6 heteroatoms. The van der Waals surface area contributed by atoms with E-state index in [4.69, 9.17) is 21.4 Å². The SMILES string of the molecule is COc1ccc(-c2nn(CN3CCC(C)CC3)c(=S)o2)cc1. The predicted molar refractivity (Wildman–Crippen MR) is 87.3 cm³/mol. The highest BCUT2D eigenvalue weighted by molar-refractivity contribution is 7.71. The summed E-state index contributed by atoms with van der Waals surface area (Å²) in [6, 6.07) is 7.62. The number of piperidine rings is 1. The minimum Gasteiger partial charge on any atom is -0.497 e. The molecule has 3 rings (SSSR count). The number of aromatic nitrogens is 2. The molecule has 0 amide bonds. The highest BCUT2D eigenvalue weighted by Gasteiger charge is 2.17. The number of ether oxygens (including phenoxy) is 1. The normalized spacial score (nSPS) is 16.8. The van der Waals surface area contributed by atoms with Gasteiger partial charge in [0.1, 0.15) is 5.75 Å². The van der Waals surface area contributed by atoms with Crippen molar-refractivity contribution in [3.8, 4) is 17.2 Å². The second kappa shape index (κ2) is 6.62. The van der Waals surface area contributed by atoms with E-state index in [-0.39, 0.29) is 0 Å². The van der Waals surface area contributed by atoms with Crippen molar-refractivity contribution in [3.05, 3.63) is 29.1 Å². The zero-order chi connectivity index (χ0) is 15.5. The molecule has 1 fully saturated rings. The summed E-state index contributed by atoms with van der Waals surface area (Å²) in [5.41, 5.74) is 0.901. The van der Waals surface area contributed by atoms with Crippen molar-refractivity contribution in [2.45, 2.75) is 26.4 Å². The molecule has 0 atom stereocenters. The number of methoxy groups -OCH3 is 1. The molecular weight excluding hydrogens is 298 g/mol. The van der Waals surface area contributed by atoms with Crippen LogP contribution in [0, 0.1) is 10.8 Å². The molecular formula is C16H21N3O2S. The first kappa shape index (κ1) is 15.2. The maximum atomic E-state index is 5.64. The third-order valence-corrected chi connectivity index (χ3v) is 4.45. The molecule has 0 unspecified atom stereocenters. The van der Waals surface area contributed by atoms with Gasteiger partial charge in [0.2, 0.25) is 5.89 Å². The number of rotatable bonds is 4. The van der Waals surface area contributed by atoms with Gasteiger partial charge in [0.15, 0.2) is 0 Å². The molecule has 0 saturated carbocycles. The van der Waals surface area contributed by atoms with Crippen LogP contribution in [0.2, 0.25) is 0 Å². The zero-order valence-electron chi connectivity index (χ0n) is 13.0. The predicted octanol–water partition coefficient (Wildman–Crippen LogP) is 3.57. The van der Waals surface area contributed by atoms with Gasteiger partial charge >= 0.3 is 0 Å². The van der Waals surface area contributed by atoms with Crippen LogP contribution in [-0.4, -0.2) is 34.9 Å². The first-order chi connectivity index (χ1) is 10.7. The molecule has 0 spiro atoms. The van der Waals surface area contributed by atoms with Gasteiger partial charge in [-0.2, -0.15) is 0 Å². The van der Waals surface area contributed by atoms with Gasteiger partial charge < -0.3 is 9.15 Å². The molecule has 22 heavy (non-hydrogen) atoms. The highest BCUT2D eigenvalue weighted by atomic mass is 32.1. The fraction of sp³-hybridized carbons (Fsp3) is 0.500. The van der Waals surface area contributed by atoms with Gasteiger partial charge in [-0.05, 0) is 55.2 Å². The van der Waals surface area contributed by atoms with Gasteiger partial charge in [0.25, 0.3) is 4.84 Å². The summed E-state index contributed by atoms with van der Waals surface area (Å²) in [6.45, 7) is 5.19. The van der Waals surface area contributed by atoms with Crippen molar-refractivity contribution in [2.75, 3.05) is 20.2 Å². The number of benzene rings is 1. The Morgan fingerprint density at radius 3 is 2.59 bits per heavy atom. The average molecular weight is 319 g/mol. The van der Waals surface area contributed by atoms with E-state index >= 15 is 0 Å². The van der Waals surface area contributed by atoms with E-state index in [1.165, 1.54) is 12.8 Å². The van der Waals surface area contributed by atoms with E-state index in [9.17, 15) is 0 Å². The monoisotopic (exact) mass is 319 g/mol. The van der Waals surface area contributed by atoms with Gasteiger partial charge in [-0.15, -0.1) is 5.10 Å².